The van der Waals surface area contributed by atoms with Gasteiger partial charge in [-0.1, -0.05) is 23.4 Å². The van der Waals surface area contributed by atoms with E-state index in [0.29, 0.717) is 24.7 Å². The predicted octanol–water partition coefficient (Wildman–Crippen LogP) is 3.55. The molecular formula is C18H15N3O2S. The van der Waals surface area contributed by atoms with Crippen molar-refractivity contribution in [2.45, 2.75) is 17.9 Å². The topological polar surface area (TPSA) is 59.2 Å². The van der Waals surface area contributed by atoms with Gasteiger partial charge in [-0.25, -0.2) is 0 Å². The fourth-order valence-corrected chi connectivity index (χ4v) is 3.21. The van der Waals surface area contributed by atoms with E-state index >= 15 is 0 Å². The third-order valence-electron chi connectivity index (χ3n) is 4.03. The van der Waals surface area contributed by atoms with Gasteiger partial charge < -0.3 is 9.42 Å². The van der Waals surface area contributed by atoms with Crippen LogP contribution in [0.4, 0.5) is 5.69 Å². The number of thioether (sulfide) groups is 1. The Labute approximate surface area is 143 Å². The summed E-state index contributed by atoms with van der Waals surface area (Å²) in [5.74, 6) is 1.03. The molecule has 4 rings (SSSR count). The summed E-state index contributed by atoms with van der Waals surface area (Å²) in [6.07, 6.45) is 2.46. The van der Waals surface area contributed by atoms with Crippen LogP contribution in [0, 0.1) is 0 Å². The van der Waals surface area contributed by atoms with Gasteiger partial charge in [0.25, 0.3) is 0 Å². The number of amides is 1. The lowest BCUT2D eigenvalue weighted by Gasteiger charge is -2.14. The van der Waals surface area contributed by atoms with E-state index in [1.807, 2.05) is 54.8 Å². The summed E-state index contributed by atoms with van der Waals surface area (Å²) in [7, 11) is 0. The molecule has 5 nitrogen and oxygen atoms in total. The number of carbonyl (C=O) groups excluding carboxylic acids is 1. The smallest absolute Gasteiger partial charge is 0.247 e. The standard InChI is InChI=1S/C18H15N3O2S/c1-24-14-8-6-12(7-9-14)18-19-16(23-20-18)11-21-15-5-3-2-4-13(15)10-17(21)22/h2-9H,10-11H2,1H3. The Kier molecular flexibility index (Phi) is 3.82. The normalized spacial score (nSPS) is 13.4. The molecule has 1 aromatic heterocycles. The van der Waals surface area contributed by atoms with Gasteiger partial charge in [0.15, 0.2) is 0 Å². The highest BCUT2D eigenvalue weighted by molar-refractivity contribution is 7.98. The van der Waals surface area contributed by atoms with Crippen molar-refractivity contribution in [3.63, 3.8) is 0 Å². The fourth-order valence-electron chi connectivity index (χ4n) is 2.80. The van der Waals surface area contributed by atoms with Crippen LogP contribution < -0.4 is 4.90 Å². The molecule has 0 bridgehead atoms. The predicted molar refractivity (Wildman–Crippen MR) is 92.9 cm³/mol. The first-order valence-electron chi connectivity index (χ1n) is 7.60. The molecule has 0 saturated carbocycles. The molecule has 0 spiro atoms. The quantitative estimate of drug-likeness (QED) is 0.682. The van der Waals surface area contributed by atoms with E-state index in [9.17, 15) is 4.79 Å². The lowest BCUT2D eigenvalue weighted by molar-refractivity contribution is -0.117. The summed E-state index contributed by atoms with van der Waals surface area (Å²) in [5.41, 5.74) is 2.86. The average Bonchev–Trinajstić information content (AvgIpc) is 3.21. The van der Waals surface area contributed by atoms with Gasteiger partial charge in [0.05, 0.1) is 6.42 Å². The first-order chi connectivity index (χ1) is 11.7. The number of anilines is 1. The minimum Gasteiger partial charge on any atom is -0.337 e. The van der Waals surface area contributed by atoms with Crippen LogP contribution in [0.3, 0.4) is 0 Å². The van der Waals surface area contributed by atoms with Crippen LogP contribution in [0.15, 0.2) is 57.9 Å². The Hall–Kier alpha value is -2.60. The maximum absolute atomic E-state index is 12.2. The molecule has 0 aliphatic carbocycles. The van der Waals surface area contributed by atoms with E-state index < -0.39 is 0 Å². The number of benzene rings is 2. The van der Waals surface area contributed by atoms with Crippen molar-refractivity contribution in [3.8, 4) is 11.4 Å². The number of para-hydroxylation sites is 1. The minimum atomic E-state index is 0.0558. The number of carbonyl (C=O) groups is 1. The average molecular weight is 337 g/mol. The summed E-state index contributed by atoms with van der Waals surface area (Å²) in [5, 5.41) is 4.03. The number of nitrogens with zero attached hydrogens (tertiary/aromatic N) is 3. The van der Waals surface area contributed by atoms with Crippen LogP contribution in [0.1, 0.15) is 11.5 Å². The van der Waals surface area contributed by atoms with E-state index in [-0.39, 0.29) is 5.91 Å². The number of hydrogen-bond donors (Lipinski definition) is 0. The van der Waals surface area contributed by atoms with Crippen molar-refractivity contribution in [2.24, 2.45) is 0 Å². The van der Waals surface area contributed by atoms with Gasteiger partial charge in [-0.05, 0) is 42.2 Å². The van der Waals surface area contributed by atoms with E-state index in [0.717, 1.165) is 16.8 Å². The zero-order valence-corrected chi connectivity index (χ0v) is 13.9. The molecule has 2 aromatic carbocycles. The highest BCUT2D eigenvalue weighted by atomic mass is 32.2. The van der Waals surface area contributed by atoms with Crippen LogP contribution in [-0.4, -0.2) is 22.3 Å². The monoisotopic (exact) mass is 337 g/mol. The minimum absolute atomic E-state index is 0.0558. The third-order valence-corrected chi connectivity index (χ3v) is 4.78. The number of hydrogen-bond acceptors (Lipinski definition) is 5. The molecular weight excluding hydrogens is 322 g/mol. The molecule has 0 unspecified atom stereocenters. The Morgan fingerprint density at radius 1 is 1.17 bits per heavy atom. The molecule has 0 saturated heterocycles. The van der Waals surface area contributed by atoms with Gasteiger partial charge in [-0.3, -0.25) is 4.79 Å². The van der Waals surface area contributed by atoms with Crippen molar-refractivity contribution in [1.82, 2.24) is 10.1 Å². The SMILES string of the molecule is CSc1ccc(-c2noc(CN3C(=O)Cc4ccccc43)n2)cc1. The third kappa shape index (κ3) is 2.69. The maximum atomic E-state index is 12.2. The molecule has 0 fully saturated rings. The Morgan fingerprint density at radius 3 is 2.75 bits per heavy atom. The van der Waals surface area contributed by atoms with Crippen molar-refractivity contribution in [3.05, 3.63) is 60.0 Å². The number of fused-ring (bicyclic) bond motifs is 1. The van der Waals surface area contributed by atoms with Crippen molar-refractivity contribution in [2.75, 3.05) is 11.2 Å². The first-order valence-corrected chi connectivity index (χ1v) is 8.82. The fraction of sp³-hybridized carbons (Fsp3) is 0.167. The van der Waals surface area contributed by atoms with Crippen molar-refractivity contribution in [1.29, 1.82) is 0 Å². The molecule has 3 aromatic rings. The van der Waals surface area contributed by atoms with Gasteiger partial charge in [0.2, 0.25) is 17.6 Å². The van der Waals surface area contributed by atoms with Crippen LogP contribution in [0.2, 0.25) is 0 Å². The second kappa shape index (κ2) is 6.13. The molecule has 1 aliphatic rings. The second-order valence-corrected chi connectivity index (χ2v) is 6.41. The highest BCUT2D eigenvalue weighted by Crippen LogP contribution is 2.30. The van der Waals surface area contributed by atoms with Gasteiger partial charge in [0, 0.05) is 16.1 Å². The Bertz CT molecular complexity index is 889. The molecule has 1 aliphatic heterocycles. The second-order valence-electron chi connectivity index (χ2n) is 5.53. The summed E-state index contributed by atoms with van der Waals surface area (Å²) >= 11 is 1.68. The molecule has 0 atom stereocenters. The van der Waals surface area contributed by atoms with Gasteiger partial charge in [-0.15, -0.1) is 11.8 Å². The Morgan fingerprint density at radius 2 is 1.96 bits per heavy atom. The van der Waals surface area contributed by atoms with E-state index in [1.165, 1.54) is 4.90 Å². The van der Waals surface area contributed by atoms with Crippen LogP contribution in [-0.2, 0) is 17.8 Å². The van der Waals surface area contributed by atoms with E-state index in [1.54, 1.807) is 16.7 Å². The van der Waals surface area contributed by atoms with Gasteiger partial charge in [-0.2, -0.15) is 4.98 Å². The summed E-state index contributed by atoms with van der Waals surface area (Å²) in [6.45, 7) is 0.297. The maximum Gasteiger partial charge on any atom is 0.247 e. The number of aromatic nitrogens is 2. The summed E-state index contributed by atoms with van der Waals surface area (Å²) in [6, 6.07) is 15.8. The molecule has 2 heterocycles. The first kappa shape index (κ1) is 15.0. The van der Waals surface area contributed by atoms with Crippen LogP contribution in [0.5, 0.6) is 0 Å². The molecule has 24 heavy (non-hydrogen) atoms. The van der Waals surface area contributed by atoms with Crippen molar-refractivity contribution < 1.29 is 9.32 Å². The lowest BCUT2D eigenvalue weighted by atomic mass is 10.2. The molecule has 1 amide bonds. The Balaban J connectivity index is 1.56. The summed E-state index contributed by atoms with van der Waals surface area (Å²) < 4.78 is 5.34. The van der Waals surface area contributed by atoms with E-state index in [4.69, 9.17) is 4.52 Å². The molecule has 6 heteroatoms. The van der Waals surface area contributed by atoms with Gasteiger partial charge in [0.1, 0.15) is 6.54 Å². The van der Waals surface area contributed by atoms with Crippen molar-refractivity contribution >= 4 is 23.4 Å². The van der Waals surface area contributed by atoms with Crippen LogP contribution >= 0.6 is 11.8 Å². The molecule has 120 valence electrons. The highest BCUT2D eigenvalue weighted by Gasteiger charge is 2.28. The summed E-state index contributed by atoms with van der Waals surface area (Å²) in [4.78, 5) is 19.5. The largest absolute Gasteiger partial charge is 0.337 e. The number of rotatable bonds is 4. The lowest BCUT2D eigenvalue weighted by Crippen LogP contribution is -2.26. The zero-order valence-electron chi connectivity index (χ0n) is 13.1. The molecule has 0 N–H and O–H groups in total. The van der Waals surface area contributed by atoms with Crippen LogP contribution in [0.25, 0.3) is 11.4 Å². The van der Waals surface area contributed by atoms with E-state index in [2.05, 4.69) is 10.1 Å². The zero-order chi connectivity index (χ0) is 16.5. The van der Waals surface area contributed by atoms with Gasteiger partial charge >= 0.3 is 0 Å². The molecule has 0 radical (unpaired) electrons.